The zero-order chi connectivity index (χ0) is 18.7. The molecular weight excluding hydrogens is 443 g/mol. The van der Waals surface area contributed by atoms with Gasteiger partial charge in [-0.3, -0.25) is 14.4 Å². The maximum Gasteiger partial charge on any atom is 0.257 e. The lowest BCUT2D eigenvalue weighted by Gasteiger charge is -2.26. The Morgan fingerprint density at radius 3 is 2.38 bits per heavy atom. The summed E-state index contributed by atoms with van der Waals surface area (Å²) in [7, 11) is 0. The summed E-state index contributed by atoms with van der Waals surface area (Å²) in [6, 6.07) is 16.3. The van der Waals surface area contributed by atoms with E-state index >= 15 is 0 Å². The van der Waals surface area contributed by atoms with Crippen LogP contribution < -0.4 is 4.90 Å². The normalized spacial score (nSPS) is 16.8. The molecule has 2 aromatic rings. The van der Waals surface area contributed by atoms with Gasteiger partial charge in [0.15, 0.2) is 0 Å². The van der Waals surface area contributed by atoms with Crippen LogP contribution in [0.5, 0.6) is 0 Å². The van der Waals surface area contributed by atoms with E-state index in [9.17, 15) is 14.4 Å². The Balaban J connectivity index is 1.77. The van der Waals surface area contributed by atoms with Crippen LogP contribution in [0, 0.1) is 3.57 Å². The summed E-state index contributed by atoms with van der Waals surface area (Å²) in [5, 5.41) is 0. The number of imide groups is 1. The number of carbonyl (C=O) groups excluding carboxylic acids is 3. The molecule has 0 radical (unpaired) electrons. The molecule has 2 aromatic carbocycles. The van der Waals surface area contributed by atoms with Gasteiger partial charge in [0.25, 0.3) is 5.91 Å². The van der Waals surface area contributed by atoms with E-state index in [-0.39, 0.29) is 24.1 Å². The third-order valence-electron chi connectivity index (χ3n) is 4.47. The first-order valence-corrected chi connectivity index (χ1v) is 9.49. The molecule has 134 valence electrons. The Labute approximate surface area is 166 Å². The molecule has 1 atom stereocenters. The Hall–Kier alpha value is -2.22. The van der Waals surface area contributed by atoms with Gasteiger partial charge in [-0.15, -0.1) is 0 Å². The fourth-order valence-corrected chi connectivity index (χ4v) is 3.51. The van der Waals surface area contributed by atoms with Gasteiger partial charge >= 0.3 is 0 Å². The SMILES string of the molecule is CC(=O)N(CCc1ccccc1)C1CC(=O)N(c2ccc(I)cc2)C1=O. The quantitative estimate of drug-likeness (QED) is 0.507. The minimum Gasteiger partial charge on any atom is -0.330 e. The Kier molecular flexibility index (Phi) is 5.70. The van der Waals surface area contributed by atoms with Crippen molar-refractivity contribution in [3.05, 3.63) is 63.7 Å². The van der Waals surface area contributed by atoms with E-state index < -0.39 is 6.04 Å². The molecule has 1 unspecified atom stereocenters. The van der Waals surface area contributed by atoms with Crippen molar-refractivity contribution in [2.24, 2.45) is 0 Å². The third kappa shape index (κ3) is 3.95. The highest BCUT2D eigenvalue weighted by atomic mass is 127. The second-order valence-corrected chi connectivity index (χ2v) is 7.46. The topological polar surface area (TPSA) is 57.7 Å². The van der Waals surface area contributed by atoms with Crippen molar-refractivity contribution >= 4 is 46.0 Å². The summed E-state index contributed by atoms with van der Waals surface area (Å²) >= 11 is 2.17. The number of anilines is 1. The molecule has 1 aliphatic rings. The molecule has 0 bridgehead atoms. The van der Waals surface area contributed by atoms with Gasteiger partial charge in [-0.05, 0) is 58.8 Å². The number of carbonyl (C=O) groups is 3. The maximum atomic E-state index is 12.9. The summed E-state index contributed by atoms with van der Waals surface area (Å²) in [5.41, 5.74) is 1.64. The zero-order valence-corrected chi connectivity index (χ0v) is 16.5. The van der Waals surface area contributed by atoms with E-state index in [1.54, 1.807) is 12.1 Å². The van der Waals surface area contributed by atoms with Crippen LogP contribution in [0.2, 0.25) is 0 Å². The van der Waals surface area contributed by atoms with Gasteiger partial charge in [0.2, 0.25) is 11.8 Å². The number of hydrogen-bond donors (Lipinski definition) is 0. The number of benzene rings is 2. The predicted molar refractivity (Wildman–Crippen MR) is 108 cm³/mol. The molecule has 1 saturated heterocycles. The molecule has 0 aliphatic carbocycles. The van der Waals surface area contributed by atoms with Gasteiger partial charge in [0.05, 0.1) is 12.1 Å². The lowest BCUT2D eigenvalue weighted by atomic mass is 10.1. The molecule has 3 amide bonds. The molecule has 1 fully saturated rings. The molecule has 6 heteroatoms. The highest BCUT2D eigenvalue weighted by Gasteiger charge is 2.43. The van der Waals surface area contributed by atoms with E-state index in [1.165, 1.54) is 16.7 Å². The minimum atomic E-state index is -0.733. The van der Waals surface area contributed by atoms with Crippen LogP contribution in [0.25, 0.3) is 0 Å². The largest absolute Gasteiger partial charge is 0.330 e. The van der Waals surface area contributed by atoms with Gasteiger partial charge in [0, 0.05) is 17.0 Å². The number of amides is 3. The van der Waals surface area contributed by atoms with E-state index in [2.05, 4.69) is 22.6 Å². The van der Waals surface area contributed by atoms with Crippen molar-refractivity contribution in [2.75, 3.05) is 11.4 Å². The van der Waals surface area contributed by atoms with E-state index in [1.807, 2.05) is 42.5 Å². The Bertz CT molecular complexity index is 821. The van der Waals surface area contributed by atoms with Crippen LogP contribution >= 0.6 is 22.6 Å². The van der Waals surface area contributed by atoms with Gasteiger partial charge in [-0.1, -0.05) is 30.3 Å². The zero-order valence-electron chi connectivity index (χ0n) is 14.4. The van der Waals surface area contributed by atoms with Crippen molar-refractivity contribution in [2.45, 2.75) is 25.8 Å². The van der Waals surface area contributed by atoms with E-state index in [0.717, 1.165) is 9.13 Å². The van der Waals surface area contributed by atoms with Gasteiger partial charge in [-0.25, -0.2) is 4.90 Å². The van der Waals surface area contributed by atoms with Crippen LogP contribution in [-0.2, 0) is 20.8 Å². The lowest BCUT2D eigenvalue weighted by Crippen LogP contribution is -2.45. The highest BCUT2D eigenvalue weighted by Crippen LogP contribution is 2.26. The number of halogens is 1. The van der Waals surface area contributed by atoms with Crippen molar-refractivity contribution in [3.8, 4) is 0 Å². The Morgan fingerprint density at radius 1 is 1.12 bits per heavy atom. The standard InChI is InChI=1S/C20H19IN2O3/c1-14(24)22(12-11-15-5-3-2-4-6-15)18-13-19(25)23(20(18)26)17-9-7-16(21)8-10-17/h2-10,18H,11-13H2,1H3. The van der Waals surface area contributed by atoms with Crippen molar-refractivity contribution < 1.29 is 14.4 Å². The summed E-state index contributed by atoms with van der Waals surface area (Å²) in [4.78, 5) is 40.2. The summed E-state index contributed by atoms with van der Waals surface area (Å²) in [5.74, 6) is -0.803. The van der Waals surface area contributed by atoms with Crippen LogP contribution in [0.15, 0.2) is 54.6 Å². The van der Waals surface area contributed by atoms with Crippen molar-refractivity contribution in [1.82, 2.24) is 4.90 Å². The molecule has 0 spiro atoms. The van der Waals surface area contributed by atoms with Gasteiger partial charge in [0.1, 0.15) is 6.04 Å². The highest BCUT2D eigenvalue weighted by molar-refractivity contribution is 14.1. The van der Waals surface area contributed by atoms with Crippen LogP contribution in [0.3, 0.4) is 0 Å². The second kappa shape index (κ2) is 7.99. The molecule has 0 N–H and O–H groups in total. The molecule has 5 nitrogen and oxygen atoms in total. The predicted octanol–water partition coefficient (Wildman–Crippen LogP) is 3.01. The van der Waals surface area contributed by atoms with Crippen molar-refractivity contribution in [3.63, 3.8) is 0 Å². The molecule has 26 heavy (non-hydrogen) atoms. The van der Waals surface area contributed by atoms with Gasteiger partial charge < -0.3 is 4.90 Å². The van der Waals surface area contributed by atoms with Gasteiger partial charge in [-0.2, -0.15) is 0 Å². The average molecular weight is 462 g/mol. The fraction of sp³-hybridized carbons (Fsp3) is 0.250. The first-order valence-electron chi connectivity index (χ1n) is 8.41. The van der Waals surface area contributed by atoms with E-state index in [4.69, 9.17) is 0 Å². The monoisotopic (exact) mass is 462 g/mol. The number of hydrogen-bond acceptors (Lipinski definition) is 3. The van der Waals surface area contributed by atoms with Crippen LogP contribution in [-0.4, -0.2) is 35.2 Å². The molecular formula is C20H19IN2O3. The maximum absolute atomic E-state index is 12.9. The Morgan fingerprint density at radius 2 is 1.77 bits per heavy atom. The smallest absolute Gasteiger partial charge is 0.257 e. The average Bonchev–Trinajstić information content (AvgIpc) is 2.91. The van der Waals surface area contributed by atoms with E-state index in [0.29, 0.717) is 18.7 Å². The lowest BCUT2D eigenvalue weighted by molar-refractivity contribution is -0.136. The fourth-order valence-electron chi connectivity index (χ4n) is 3.15. The molecule has 1 aliphatic heterocycles. The summed E-state index contributed by atoms with van der Waals surface area (Å²) < 4.78 is 1.02. The first kappa shape index (κ1) is 18.6. The second-order valence-electron chi connectivity index (χ2n) is 6.21. The third-order valence-corrected chi connectivity index (χ3v) is 5.19. The van der Waals surface area contributed by atoms with Crippen LogP contribution in [0.4, 0.5) is 5.69 Å². The molecule has 1 heterocycles. The first-order chi connectivity index (χ1) is 12.5. The summed E-state index contributed by atoms with van der Waals surface area (Å²) in [6.45, 7) is 1.85. The molecule has 3 rings (SSSR count). The number of rotatable bonds is 5. The van der Waals surface area contributed by atoms with Crippen molar-refractivity contribution in [1.29, 1.82) is 0 Å². The van der Waals surface area contributed by atoms with Crippen LogP contribution in [0.1, 0.15) is 18.9 Å². The minimum absolute atomic E-state index is 0.0270. The number of nitrogens with zero attached hydrogens (tertiary/aromatic N) is 2. The molecule has 0 aromatic heterocycles. The molecule has 0 saturated carbocycles. The summed E-state index contributed by atoms with van der Waals surface area (Å²) in [6.07, 6.45) is 0.668.